The molecular formula is C9H11F2NOS. The van der Waals surface area contributed by atoms with E-state index >= 15 is 0 Å². The molecule has 1 unspecified atom stereocenters. The lowest BCUT2D eigenvalue weighted by atomic mass is 10.3. The highest BCUT2D eigenvalue weighted by atomic mass is 32.2. The van der Waals surface area contributed by atoms with Crippen molar-refractivity contribution < 1.29 is 13.0 Å². The Balaban J connectivity index is 3.40. The van der Waals surface area contributed by atoms with Crippen molar-refractivity contribution in [2.75, 3.05) is 0 Å². The molecule has 1 atom stereocenters. The first kappa shape index (κ1) is 11.1. The number of hydrogen-bond donors (Lipinski definition) is 1. The Kier molecular flexibility index (Phi) is 2.89. The number of rotatable bonds is 2. The lowest BCUT2D eigenvalue weighted by molar-refractivity contribution is 0.569. The van der Waals surface area contributed by atoms with Gasteiger partial charge in [-0.3, -0.25) is 0 Å². The van der Waals surface area contributed by atoms with E-state index in [1.54, 1.807) is 13.8 Å². The second kappa shape index (κ2) is 3.65. The Morgan fingerprint density at radius 1 is 1.36 bits per heavy atom. The zero-order chi connectivity index (χ0) is 10.9. The van der Waals surface area contributed by atoms with Crippen LogP contribution in [0.3, 0.4) is 0 Å². The number of halogens is 2. The molecule has 0 aliphatic carbocycles. The first-order chi connectivity index (χ1) is 6.35. The molecule has 0 aliphatic heterocycles. The van der Waals surface area contributed by atoms with Gasteiger partial charge in [-0.15, -0.1) is 0 Å². The zero-order valence-electron chi connectivity index (χ0n) is 7.88. The van der Waals surface area contributed by atoms with Crippen LogP contribution in [0.1, 0.15) is 13.8 Å². The number of hydrogen-bond acceptors (Lipinski definition) is 2. The lowest BCUT2D eigenvalue weighted by Crippen LogP contribution is -2.14. The Labute approximate surface area is 81.9 Å². The Morgan fingerprint density at radius 2 is 1.93 bits per heavy atom. The third kappa shape index (κ3) is 1.92. The predicted molar refractivity (Wildman–Crippen MR) is 50.6 cm³/mol. The molecule has 1 N–H and O–H groups in total. The largest absolute Gasteiger partial charge is 0.249 e. The van der Waals surface area contributed by atoms with E-state index in [2.05, 4.69) is 0 Å². The summed E-state index contributed by atoms with van der Waals surface area (Å²) in [6, 6.07) is 2.65. The van der Waals surface area contributed by atoms with Crippen LogP contribution in [0.15, 0.2) is 23.1 Å². The average molecular weight is 219 g/mol. The highest BCUT2D eigenvalue weighted by Gasteiger charge is 2.19. The molecule has 0 aliphatic rings. The van der Waals surface area contributed by atoms with Crippen molar-refractivity contribution in [3.05, 3.63) is 29.8 Å². The summed E-state index contributed by atoms with van der Waals surface area (Å²) < 4.78 is 45.1. The van der Waals surface area contributed by atoms with Gasteiger partial charge in [-0.25, -0.2) is 17.8 Å². The molecule has 1 aromatic rings. The fourth-order valence-electron chi connectivity index (χ4n) is 0.964. The van der Waals surface area contributed by atoms with Gasteiger partial charge in [-0.05, 0) is 32.0 Å². The molecule has 0 spiro atoms. The average Bonchev–Trinajstić information content (AvgIpc) is 2.08. The van der Waals surface area contributed by atoms with Crippen LogP contribution in [0.4, 0.5) is 8.78 Å². The molecule has 0 radical (unpaired) electrons. The van der Waals surface area contributed by atoms with Crippen molar-refractivity contribution in [1.82, 2.24) is 0 Å². The molecule has 1 rings (SSSR count). The maximum absolute atomic E-state index is 13.2. The summed E-state index contributed by atoms with van der Waals surface area (Å²) in [7, 11) is -3.25. The van der Waals surface area contributed by atoms with Crippen LogP contribution in [-0.2, 0) is 9.73 Å². The first-order valence-electron chi connectivity index (χ1n) is 4.08. The minimum absolute atomic E-state index is 0.354. The van der Waals surface area contributed by atoms with Crippen molar-refractivity contribution in [1.29, 1.82) is 4.78 Å². The predicted octanol–water partition coefficient (Wildman–Crippen LogP) is 2.78. The van der Waals surface area contributed by atoms with E-state index in [-0.39, 0.29) is 4.90 Å². The van der Waals surface area contributed by atoms with Crippen LogP contribution in [0, 0.1) is 16.4 Å². The molecule has 2 nitrogen and oxygen atoms in total. The van der Waals surface area contributed by atoms with Gasteiger partial charge in [0.05, 0.1) is 14.6 Å². The second-order valence-corrected chi connectivity index (χ2v) is 5.81. The monoisotopic (exact) mass is 219 g/mol. The van der Waals surface area contributed by atoms with Crippen LogP contribution in [0.2, 0.25) is 0 Å². The molecule has 78 valence electrons. The van der Waals surface area contributed by atoms with Gasteiger partial charge in [0.1, 0.15) is 11.6 Å². The molecule has 5 heteroatoms. The first-order valence-corrected chi connectivity index (χ1v) is 5.70. The second-order valence-electron chi connectivity index (χ2n) is 3.22. The molecule has 0 saturated heterocycles. The van der Waals surface area contributed by atoms with E-state index in [0.717, 1.165) is 18.2 Å². The van der Waals surface area contributed by atoms with Gasteiger partial charge in [0.15, 0.2) is 0 Å². The summed E-state index contributed by atoms with van der Waals surface area (Å²) in [5.41, 5.74) is 0. The summed E-state index contributed by atoms with van der Waals surface area (Å²) in [5.74, 6) is -1.47. The van der Waals surface area contributed by atoms with Crippen LogP contribution in [0.5, 0.6) is 0 Å². The summed E-state index contributed by atoms with van der Waals surface area (Å²) in [5, 5.41) is -0.543. The normalized spacial score (nSPS) is 15.5. The molecule has 0 fully saturated rings. The molecule has 14 heavy (non-hydrogen) atoms. The third-order valence-corrected chi connectivity index (χ3v) is 4.18. The van der Waals surface area contributed by atoms with Gasteiger partial charge in [0, 0.05) is 5.25 Å². The van der Waals surface area contributed by atoms with Gasteiger partial charge < -0.3 is 0 Å². The highest BCUT2D eigenvalue weighted by Crippen LogP contribution is 2.20. The van der Waals surface area contributed by atoms with E-state index in [0.29, 0.717) is 0 Å². The van der Waals surface area contributed by atoms with Gasteiger partial charge in [0.25, 0.3) is 0 Å². The Bertz CT molecular complexity index is 440. The van der Waals surface area contributed by atoms with E-state index < -0.39 is 26.6 Å². The molecule has 0 amide bonds. The molecule has 0 aromatic heterocycles. The van der Waals surface area contributed by atoms with Crippen molar-refractivity contribution in [2.45, 2.75) is 24.0 Å². The molecule has 0 heterocycles. The molecule has 1 aromatic carbocycles. The maximum atomic E-state index is 13.2. The topological polar surface area (TPSA) is 40.9 Å². The smallest absolute Gasteiger partial charge is 0.140 e. The molecule has 0 saturated carbocycles. The van der Waals surface area contributed by atoms with Gasteiger partial charge >= 0.3 is 0 Å². The SMILES string of the molecule is CC(C)S(=N)(=O)c1cc(F)ccc1F. The minimum Gasteiger partial charge on any atom is -0.249 e. The number of nitrogens with one attached hydrogen (secondary N) is 1. The standard InChI is InChI=1S/C9H11F2NOS/c1-6(2)14(12,13)9-5-7(10)3-4-8(9)11/h3-6,12H,1-2H3. The summed E-state index contributed by atoms with van der Waals surface area (Å²) >= 11 is 0. The van der Waals surface area contributed by atoms with Crippen molar-refractivity contribution in [2.24, 2.45) is 0 Å². The Hall–Kier alpha value is -0.970. The fourth-order valence-corrected chi connectivity index (χ4v) is 2.12. The van der Waals surface area contributed by atoms with E-state index in [9.17, 15) is 13.0 Å². The van der Waals surface area contributed by atoms with Crippen LogP contribution in [-0.4, -0.2) is 9.46 Å². The summed E-state index contributed by atoms with van der Waals surface area (Å²) in [4.78, 5) is -0.354. The van der Waals surface area contributed by atoms with Crippen molar-refractivity contribution in [3.63, 3.8) is 0 Å². The number of benzene rings is 1. The van der Waals surface area contributed by atoms with Crippen LogP contribution < -0.4 is 0 Å². The van der Waals surface area contributed by atoms with Gasteiger partial charge in [-0.1, -0.05) is 0 Å². The van der Waals surface area contributed by atoms with Gasteiger partial charge in [0.2, 0.25) is 0 Å². The van der Waals surface area contributed by atoms with E-state index in [1.807, 2.05) is 0 Å². The summed E-state index contributed by atoms with van der Waals surface area (Å²) in [6.45, 7) is 3.08. The maximum Gasteiger partial charge on any atom is 0.140 e. The van der Waals surface area contributed by atoms with E-state index in [4.69, 9.17) is 4.78 Å². The molecular weight excluding hydrogens is 208 g/mol. The fraction of sp³-hybridized carbons (Fsp3) is 0.333. The lowest BCUT2D eigenvalue weighted by Gasteiger charge is -2.11. The van der Waals surface area contributed by atoms with Crippen LogP contribution in [0.25, 0.3) is 0 Å². The van der Waals surface area contributed by atoms with Crippen molar-refractivity contribution in [3.8, 4) is 0 Å². The zero-order valence-corrected chi connectivity index (χ0v) is 8.70. The summed E-state index contributed by atoms with van der Waals surface area (Å²) in [6.07, 6.45) is 0. The van der Waals surface area contributed by atoms with Crippen molar-refractivity contribution >= 4 is 9.73 Å². The Morgan fingerprint density at radius 3 is 2.43 bits per heavy atom. The van der Waals surface area contributed by atoms with E-state index in [1.165, 1.54) is 0 Å². The van der Waals surface area contributed by atoms with Gasteiger partial charge in [-0.2, -0.15) is 0 Å². The quantitative estimate of drug-likeness (QED) is 0.816. The highest BCUT2D eigenvalue weighted by molar-refractivity contribution is 7.93. The van der Waals surface area contributed by atoms with Crippen LogP contribution >= 0.6 is 0 Å². The third-order valence-electron chi connectivity index (χ3n) is 1.88. The minimum atomic E-state index is -3.25. The molecule has 0 bridgehead atoms.